The standard InChI is InChI=1S/C23H33ClN2O7/c1-14(24)31-21(30)25-17-12-10-9-11-16(17)19(32-15(2)27)26(20(29)22(3,4)5)13-18(28)33-23(6,7)8/h9-12,14,19H,13H2,1-8H3,(H,25,30). The highest BCUT2D eigenvalue weighted by atomic mass is 35.5. The van der Waals surface area contributed by atoms with Gasteiger partial charge in [-0.3, -0.25) is 24.6 Å². The zero-order valence-electron chi connectivity index (χ0n) is 20.4. The Hall–Kier alpha value is -2.81. The summed E-state index contributed by atoms with van der Waals surface area (Å²) in [6, 6.07) is 6.38. The molecule has 0 aliphatic rings. The molecule has 0 bridgehead atoms. The Balaban J connectivity index is 3.51. The van der Waals surface area contributed by atoms with E-state index >= 15 is 0 Å². The van der Waals surface area contributed by atoms with Crippen LogP contribution in [0.2, 0.25) is 0 Å². The highest BCUT2D eigenvalue weighted by Gasteiger charge is 2.38. The number of amides is 2. The summed E-state index contributed by atoms with van der Waals surface area (Å²) in [5.74, 6) is -1.84. The first kappa shape index (κ1) is 28.2. The van der Waals surface area contributed by atoms with Crippen LogP contribution in [0.1, 0.15) is 67.2 Å². The van der Waals surface area contributed by atoms with Crippen LogP contribution in [0.3, 0.4) is 0 Å². The van der Waals surface area contributed by atoms with Gasteiger partial charge in [0.1, 0.15) is 12.1 Å². The molecule has 0 saturated carbocycles. The molecule has 10 heteroatoms. The molecule has 0 heterocycles. The van der Waals surface area contributed by atoms with Crippen molar-refractivity contribution in [3.05, 3.63) is 29.8 Å². The topological polar surface area (TPSA) is 111 Å². The highest BCUT2D eigenvalue weighted by Crippen LogP contribution is 2.33. The van der Waals surface area contributed by atoms with Gasteiger partial charge in [-0.05, 0) is 33.8 Å². The van der Waals surface area contributed by atoms with Crippen LogP contribution in [0.15, 0.2) is 24.3 Å². The molecule has 9 nitrogen and oxygen atoms in total. The lowest BCUT2D eigenvalue weighted by Gasteiger charge is -2.36. The summed E-state index contributed by atoms with van der Waals surface area (Å²) in [6.45, 7) is 12.3. The van der Waals surface area contributed by atoms with Crippen LogP contribution in [-0.2, 0) is 28.6 Å². The number of esters is 2. The summed E-state index contributed by atoms with van der Waals surface area (Å²) < 4.78 is 15.8. The van der Waals surface area contributed by atoms with E-state index in [1.54, 1.807) is 65.8 Å². The summed E-state index contributed by atoms with van der Waals surface area (Å²) in [4.78, 5) is 51.2. The number of para-hydroxylation sites is 1. The Morgan fingerprint density at radius 2 is 1.61 bits per heavy atom. The van der Waals surface area contributed by atoms with Crippen LogP contribution in [0.25, 0.3) is 0 Å². The number of rotatable bonds is 7. The Bertz CT molecular complexity index is 872. The molecule has 33 heavy (non-hydrogen) atoms. The molecule has 2 unspecified atom stereocenters. The van der Waals surface area contributed by atoms with E-state index in [2.05, 4.69) is 5.32 Å². The molecule has 0 aliphatic carbocycles. The monoisotopic (exact) mass is 484 g/mol. The summed E-state index contributed by atoms with van der Waals surface area (Å²) in [7, 11) is 0. The lowest BCUT2D eigenvalue weighted by Crippen LogP contribution is -2.47. The number of alkyl halides is 1. The van der Waals surface area contributed by atoms with Gasteiger partial charge in [-0.2, -0.15) is 0 Å². The summed E-state index contributed by atoms with van der Waals surface area (Å²) in [5, 5.41) is 2.53. The van der Waals surface area contributed by atoms with Gasteiger partial charge in [0.15, 0.2) is 5.56 Å². The van der Waals surface area contributed by atoms with Crippen LogP contribution in [0.4, 0.5) is 10.5 Å². The average Bonchev–Trinajstić information content (AvgIpc) is 2.61. The number of halogens is 1. The van der Waals surface area contributed by atoms with Crippen LogP contribution in [0, 0.1) is 5.41 Å². The molecule has 2 atom stereocenters. The first-order valence-corrected chi connectivity index (χ1v) is 10.9. The molecule has 2 amide bonds. The van der Waals surface area contributed by atoms with Gasteiger partial charge in [0, 0.05) is 17.9 Å². The first-order valence-electron chi connectivity index (χ1n) is 10.4. The third-order valence-electron chi connectivity index (χ3n) is 3.92. The van der Waals surface area contributed by atoms with Gasteiger partial charge in [0.25, 0.3) is 0 Å². The van der Waals surface area contributed by atoms with Crippen molar-refractivity contribution >= 4 is 41.2 Å². The molecule has 184 valence electrons. The highest BCUT2D eigenvalue weighted by molar-refractivity contribution is 6.20. The second kappa shape index (κ2) is 11.4. The van der Waals surface area contributed by atoms with Crippen LogP contribution >= 0.6 is 11.6 Å². The molecular formula is C23H33ClN2O7. The lowest BCUT2D eigenvalue weighted by molar-refractivity contribution is -0.177. The van der Waals surface area contributed by atoms with Crippen molar-refractivity contribution in [3.8, 4) is 0 Å². The third-order valence-corrected chi connectivity index (χ3v) is 4.00. The van der Waals surface area contributed by atoms with E-state index in [9.17, 15) is 19.2 Å². The number of benzene rings is 1. The number of hydrogen-bond donors (Lipinski definition) is 1. The SMILES string of the molecule is CC(=O)OC(c1ccccc1NC(=O)OC(C)Cl)N(CC(=O)OC(C)(C)C)C(=O)C(C)(C)C. The van der Waals surface area contributed by atoms with E-state index in [-0.39, 0.29) is 11.3 Å². The molecule has 0 saturated heterocycles. The van der Waals surface area contributed by atoms with E-state index in [0.29, 0.717) is 0 Å². The number of carbonyl (C=O) groups excluding carboxylic acids is 4. The minimum absolute atomic E-state index is 0.210. The largest absolute Gasteiger partial charge is 0.459 e. The van der Waals surface area contributed by atoms with Crippen molar-refractivity contribution in [3.63, 3.8) is 0 Å². The van der Waals surface area contributed by atoms with Gasteiger partial charge < -0.3 is 14.2 Å². The van der Waals surface area contributed by atoms with Crippen molar-refractivity contribution in [1.29, 1.82) is 0 Å². The van der Waals surface area contributed by atoms with Crippen LogP contribution in [-0.4, -0.2) is 46.5 Å². The zero-order chi connectivity index (χ0) is 25.6. The van der Waals surface area contributed by atoms with Crippen molar-refractivity contribution < 1.29 is 33.4 Å². The Labute approximate surface area is 199 Å². The van der Waals surface area contributed by atoms with Crippen molar-refractivity contribution in [2.75, 3.05) is 11.9 Å². The van der Waals surface area contributed by atoms with Crippen molar-refractivity contribution in [1.82, 2.24) is 4.90 Å². The molecule has 1 aromatic carbocycles. The lowest BCUT2D eigenvalue weighted by atomic mass is 9.94. The summed E-state index contributed by atoms with van der Waals surface area (Å²) >= 11 is 5.71. The maximum Gasteiger partial charge on any atom is 0.413 e. The molecule has 0 aromatic heterocycles. The summed E-state index contributed by atoms with van der Waals surface area (Å²) in [5.41, 5.74) is -2.12. The fourth-order valence-corrected chi connectivity index (χ4v) is 2.85. The minimum atomic E-state index is -1.33. The van der Waals surface area contributed by atoms with Gasteiger partial charge in [0.05, 0.1) is 5.69 Å². The Kier molecular flexibility index (Phi) is 9.71. The van der Waals surface area contributed by atoms with E-state index in [4.69, 9.17) is 25.8 Å². The number of ether oxygens (including phenoxy) is 3. The van der Waals surface area contributed by atoms with Crippen molar-refractivity contribution in [2.24, 2.45) is 5.41 Å². The molecular weight excluding hydrogens is 452 g/mol. The predicted octanol–water partition coefficient (Wildman–Crippen LogP) is 4.60. The quantitative estimate of drug-likeness (QED) is 0.260. The second-order valence-electron chi connectivity index (χ2n) is 9.39. The van der Waals surface area contributed by atoms with Gasteiger partial charge in [-0.25, -0.2) is 4.79 Å². The molecule has 1 N–H and O–H groups in total. The van der Waals surface area contributed by atoms with Crippen molar-refractivity contribution in [2.45, 2.75) is 72.8 Å². The number of anilines is 1. The Morgan fingerprint density at radius 3 is 2.09 bits per heavy atom. The minimum Gasteiger partial charge on any atom is -0.459 e. The van der Waals surface area contributed by atoms with E-state index in [1.807, 2.05) is 0 Å². The maximum absolute atomic E-state index is 13.3. The van der Waals surface area contributed by atoms with E-state index in [1.165, 1.54) is 13.8 Å². The number of nitrogens with one attached hydrogen (secondary N) is 1. The van der Waals surface area contributed by atoms with Gasteiger partial charge in [-0.15, -0.1) is 0 Å². The van der Waals surface area contributed by atoms with Gasteiger partial charge in [0.2, 0.25) is 12.1 Å². The molecule has 0 fully saturated rings. The van der Waals surface area contributed by atoms with Crippen LogP contribution < -0.4 is 5.32 Å². The predicted molar refractivity (Wildman–Crippen MR) is 123 cm³/mol. The maximum atomic E-state index is 13.3. The molecule has 1 aromatic rings. The Morgan fingerprint density at radius 1 is 1.03 bits per heavy atom. The van der Waals surface area contributed by atoms with Gasteiger partial charge in [-0.1, -0.05) is 50.6 Å². The molecule has 1 rings (SSSR count). The second-order valence-corrected chi connectivity index (χ2v) is 10.0. The zero-order valence-corrected chi connectivity index (χ0v) is 21.1. The van der Waals surface area contributed by atoms with Crippen LogP contribution in [0.5, 0.6) is 0 Å². The molecule has 0 radical (unpaired) electrons. The first-order chi connectivity index (χ1) is 15.0. The number of hydrogen-bond acceptors (Lipinski definition) is 7. The van der Waals surface area contributed by atoms with Gasteiger partial charge >= 0.3 is 18.0 Å². The number of nitrogens with zero attached hydrogens (tertiary/aromatic N) is 1. The normalized spacial score (nSPS) is 13.4. The smallest absolute Gasteiger partial charge is 0.413 e. The molecule has 0 spiro atoms. The third kappa shape index (κ3) is 9.69. The number of carbonyl (C=O) groups is 4. The molecule has 0 aliphatic heterocycles. The van der Waals surface area contributed by atoms with E-state index < -0.39 is 53.3 Å². The van der Waals surface area contributed by atoms with E-state index in [0.717, 1.165) is 4.90 Å². The average molecular weight is 485 g/mol. The fourth-order valence-electron chi connectivity index (χ4n) is 2.77. The fraction of sp³-hybridized carbons (Fsp3) is 0.565. The summed E-state index contributed by atoms with van der Waals surface area (Å²) in [6.07, 6.45) is -2.17.